The molecule has 2 N–H and O–H groups in total. The van der Waals surface area contributed by atoms with E-state index in [9.17, 15) is 9.59 Å². The first-order valence-electron chi connectivity index (χ1n) is 11.9. The number of nitrogens with one attached hydrogen (secondary N) is 1. The molecule has 174 valence electrons. The van der Waals surface area contributed by atoms with Crippen LogP contribution in [0.1, 0.15) is 84.0 Å². The molecule has 0 bridgehead atoms. The average Bonchev–Trinajstić information content (AvgIpc) is 3.21. The van der Waals surface area contributed by atoms with Gasteiger partial charge in [-0.25, -0.2) is 9.78 Å². The van der Waals surface area contributed by atoms with Crippen molar-refractivity contribution >= 4 is 40.2 Å². The van der Waals surface area contributed by atoms with Gasteiger partial charge in [0.15, 0.2) is 5.13 Å². The molecule has 1 heterocycles. The molecule has 2 fully saturated rings. The summed E-state index contributed by atoms with van der Waals surface area (Å²) >= 11 is 2.58. The maximum absolute atomic E-state index is 13.1. The molecule has 0 aliphatic heterocycles. The molecule has 0 spiro atoms. The van der Waals surface area contributed by atoms with Gasteiger partial charge in [0.25, 0.3) is 0 Å². The number of hydrogen-bond donors (Lipinski definition) is 2. The summed E-state index contributed by atoms with van der Waals surface area (Å²) in [5.74, 6) is 0.793. The highest BCUT2D eigenvalue weighted by Gasteiger charge is 2.28. The SMILES string of the molecule is CC1CCC(N(CCCCC2CCCCC2)C(=O)Nc2ncc(SCC(=O)O)s2)CC1. The van der Waals surface area contributed by atoms with Crippen LogP contribution in [-0.2, 0) is 4.79 Å². The van der Waals surface area contributed by atoms with Crippen LogP contribution in [0.2, 0.25) is 0 Å². The monoisotopic (exact) mass is 467 g/mol. The summed E-state index contributed by atoms with van der Waals surface area (Å²) in [5, 5.41) is 12.4. The van der Waals surface area contributed by atoms with E-state index in [0.717, 1.165) is 41.9 Å². The van der Waals surface area contributed by atoms with E-state index in [-0.39, 0.29) is 11.8 Å². The van der Waals surface area contributed by atoms with E-state index in [2.05, 4.69) is 22.1 Å². The standard InChI is InChI=1S/C23H37N3O3S2/c1-17-10-12-19(13-11-17)26(14-6-5-9-18-7-3-2-4-8-18)23(29)25-22-24-15-21(31-22)30-16-20(27)28/h15,17-19H,2-14,16H2,1H3,(H,27,28)(H,24,25,29). The Kier molecular flexibility index (Phi) is 9.96. The van der Waals surface area contributed by atoms with Gasteiger partial charge in [0.1, 0.15) is 0 Å². The first-order chi connectivity index (χ1) is 15.0. The van der Waals surface area contributed by atoms with Gasteiger partial charge >= 0.3 is 12.0 Å². The lowest BCUT2D eigenvalue weighted by molar-refractivity contribution is -0.133. The van der Waals surface area contributed by atoms with E-state index >= 15 is 0 Å². The average molecular weight is 468 g/mol. The van der Waals surface area contributed by atoms with Gasteiger partial charge in [0.05, 0.1) is 16.2 Å². The number of aliphatic carboxylic acids is 1. The van der Waals surface area contributed by atoms with Crippen molar-refractivity contribution in [3.8, 4) is 0 Å². The predicted octanol–water partition coefficient (Wildman–Crippen LogP) is 6.48. The third kappa shape index (κ3) is 8.29. The topological polar surface area (TPSA) is 82.5 Å². The summed E-state index contributed by atoms with van der Waals surface area (Å²) < 4.78 is 0.809. The zero-order chi connectivity index (χ0) is 22.1. The minimum atomic E-state index is -0.852. The van der Waals surface area contributed by atoms with E-state index in [0.29, 0.717) is 11.2 Å². The number of carbonyl (C=O) groups excluding carboxylic acids is 1. The van der Waals surface area contributed by atoms with Crippen molar-refractivity contribution < 1.29 is 14.7 Å². The Morgan fingerprint density at radius 2 is 1.90 bits per heavy atom. The zero-order valence-electron chi connectivity index (χ0n) is 18.7. The highest BCUT2D eigenvalue weighted by atomic mass is 32.2. The maximum Gasteiger partial charge on any atom is 0.323 e. The van der Waals surface area contributed by atoms with E-state index in [4.69, 9.17) is 5.11 Å². The van der Waals surface area contributed by atoms with Gasteiger partial charge < -0.3 is 10.0 Å². The lowest BCUT2D eigenvalue weighted by Crippen LogP contribution is -2.45. The first-order valence-corrected chi connectivity index (χ1v) is 13.7. The second-order valence-corrected chi connectivity index (χ2v) is 11.5. The largest absolute Gasteiger partial charge is 0.481 e. The maximum atomic E-state index is 13.1. The lowest BCUT2D eigenvalue weighted by Gasteiger charge is -2.36. The minimum Gasteiger partial charge on any atom is -0.481 e. The number of rotatable bonds is 10. The number of thiazole rings is 1. The Labute approximate surface area is 194 Å². The third-order valence-corrected chi connectivity index (χ3v) is 8.80. The molecule has 2 amide bonds. The Morgan fingerprint density at radius 1 is 1.16 bits per heavy atom. The summed E-state index contributed by atoms with van der Waals surface area (Å²) in [7, 11) is 0. The van der Waals surface area contributed by atoms with Crippen LogP contribution >= 0.6 is 23.1 Å². The second-order valence-electron chi connectivity index (χ2n) is 9.20. The Hall–Kier alpha value is -1.28. The molecule has 0 unspecified atom stereocenters. The molecule has 2 aliphatic rings. The van der Waals surface area contributed by atoms with Gasteiger partial charge in [-0.2, -0.15) is 0 Å². The number of carboxylic acids is 1. The number of nitrogens with zero attached hydrogens (tertiary/aromatic N) is 2. The van der Waals surface area contributed by atoms with Gasteiger partial charge in [-0.3, -0.25) is 10.1 Å². The normalized spacial score (nSPS) is 22.2. The molecule has 2 saturated carbocycles. The smallest absolute Gasteiger partial charge is 0.323 e. The quantitative estimate of drug-likeness (QED) is 0.304. The summed E-state index contributed by atoms with van der Waals surface area (Å²) in [6.45, 7) is 3.11. The van der Waals surface area contributed by atoms with Crippen LogP contribution in [0.4, 0.5) is 9.93 Å². The number of urea groups is 1. The molecule has 3 rings (SSSR count). The van der Waals surface area contributed by atoms with Crippen molar-refractivity contribution in [3.63, 3.8) is 0 Å². The fourth-order valence-corrected chi connectivity index (χ4v) is 6.46. The minimum absolute atomic E-state index is 0.00293. The van der Waals surface area contributed by atoms with Crippen molar-refractivity contribution in [3.05, 3.63) is 6.20 Å². The van der Waals surface area contributed by atoms with Gasteiger partial charge in [0.2, 0.25) is 0 Å². The van der Waals surface area contributed by atoms with Crippen molar-refractivity contribution in [2.75, 3.05) is 17.6 Å². The second kappa shape index (κ2) is 12.7. The highest BCUT2D eigenvalue weighted by molar-refractivity contribution is 8.01. The van der Waals surface area contributed by atoms with E-state index < -0.39 is 5.97 Å². The van der Waals surface area contributed by atoms with E-state index in [1.54, 1.807) is 6.20 Å². The Balaban J connectivity index is 1.52. The number of hydrogen-bond acceptors (Lipinski definition) is 5. The van der Waals surface area contributed by atoms with Crippen LogP contribution in [0.15, 0.2) is 10.4 Å². The van der Waals surface area contributed by atoms with Crippen LogP contribution in [0, 0.1) is 11.8 Å². The summed E-state index contributed by atoms with van der Waals surface area (Å²) in [4.78, 5) is 30.2. The van der Waals surface area contributed by atoms with Crippen LogP contribution in [0.5, 0.6) is 0 Å². The van der Waals surface area contributed by atoms with Crippen LogP contribution < -0.4 is 5.32 Å². The Bertz CT molecular complexity index is 698. The summed E-state index contributed by atoms with van der Waals surface area (Å²) in [5.41, 5.74) is 0. The van der Waals surface area contributed by atoms with Crippen molar-refractivity contribution in [1.29, 1.82) is 0 Å². The molecule has 0 atom stereocenters. The van der Waals surface area contributed by atoms with Crippen LogP contribution in [-0.4, -0.2) is 45.3 Å². The predicted molar refractivity (Wildman–Crippen MR) is 128 cm³/mol. The molecule has 31 heavy (non-hydrogen) atoms. The number of unbranched alkanes of at least 4 members (excludes halogenated alkanes) is 1. The summed E-state index contributed by atoms with van der Waals surface area (Å²) in [6, 6.07) is 0.257. The van der Waals surface area contributed by atoms with Gasteiger partial charge in [-0.05, 0) is 43.9 Å². The summed E-state index contributed by atoms with van der Waals surface area (Å²) in [6.07, 6.45) is 16.7. The number of thioether (sulfide) groups is 1. The molecule has 0 radical (unpaired) electrons. The van der Waals surface area contributed by atoms with E-state index in [1.165, 1.54) is 80.9 Å². The van der Waals surface area contributed by atoms with Crippen molar-refractivity contribution in [2.45, 2.75) is 94.2 Å². The third-order valence-electron chi connectivity index (χ3n) is 6.71. The van der Waals surface area contributed by atoms with Crippen molar-refractivity contribution in [2.24, 2.45) is 11.8 Å². The van der Waals surface area contributed by atoms with E-state index in [1.807, 2.05) is 0 Å². The molecule has 0 aromatic carbocycles. The molecular formula is C23H37N3O3S2. The molecule has 1 aromatic heterocycles. The number of carboxylic acid groups (broad SMARTS) is 1. The molecular weight excluding hydrogens is 430 g/mol. The highest BCUT2D eigenvalue weighted by Crippen LogP contribution is 2.31. The van der Waals surface area contributed by atoms with Gasteiger partial charge in [0, 0.05) is 12.6 Å². The molecule has 8 heteroatoms. The zero-order valence-corrected chi connectivity index (χ0v) is 20.3. The fourth-order valence-electron chi connectivity index (χ4n) is 4.88. The Morgan fingerprint density at radius 3 is 2.61 bits per heavy atom. The molecule has 1 aromatic rings. The molecule has 6 nitrogen and oxygen atoms in total. The number of aromatic nitrogens is 1. The van der Waals surface area contributed by atoms with Gasteiger partial charge in [-0.1, -0.05) is 63.2 Å². The van der Waals surface area contributed by atoms with Crippen LogP contribution in [0.3, 0.4) is 0 Å². The number of amides is 2. The number of carbonyl (C=O) groups is 2. The first kappa shape index (κ1) is 24.4. The van der Waals surface area contributed by atoms with Crippen molar-refractivity contribution in [1.82, 2.24) is 9.88 Å². The van der Waals surface area contributed by atoms with Crippen LogP contribution in [0.25, 0.3) is 0 Å². The van der Waals surface area contributed by atoms with Gasteiger partial charge in [-0.15, -0.1) is 11.8 Å². The number of anilines is 1. The molecule has 2 aliphatic carbocycles. The fraction of sp³-hybridized carbons (Fsp3) is 0.783. The molecule has 0 saturated heterocycles. The lowest BCUT2D eigenvalue weighted by atomic mass is 9.85.